The monoisotopic (exact) mass is 725 g/mol. The number of benzene rings is 2. The first kappa shape index (κ1) is 47.3. The van der Waals surface area contributed by atoms with Crippen molar-refractivity contribution in [3.8, 4) is 0 Å². The van der Waals surface area contributed by atoms with E-state index < -0.39 is 11.9 Å². The molecule has 2 N–H and O–H groups in total. The highest BCUT2D eigenvalue weighted by atomic mass is 16.5. The third-order valence-corrected chi connectivity index (χ3v) is 10.1. The molecule has 2 rings (SSSR count). The van der Waals surface area contributed by atoms with Crippen LogP contribution < -0.4 is 0 Å². The smallest absolute Gasteiger partial charge is 0.335 e. The summed E-state index contributed by atoms with van der Waals surface area (Å²) in [5.41, 5.74) is 10.9. The Bertz CT molecular complexity index is 1330. The van der Waals surface area contributed by atoms with Crippen LogP contribution in [0.25, 0.3) is 0 Å². The van der Waals surface area contributed by atoms with Crippen LogP contribution in [0.5, 0.6) is 0 Å². The predicted octanol–water partition coefficient (Wildman–Crippen LogP) is 11.7. The Morgan fingerprint density at radius 3 is 1.25 bits per heavy atom. The third-order valence-electron chi connectivity index (χ3n) is 10.1. The van der Waals surface area contributed by atoms with Gasteiger partial charge in [0.15, 0.2) is 0 Å². The quantitative estimate of drug-likeness (QED) is 0.100. The van der Waals surface area contributed by atoms with Crippen LogP contribution in [0.4, 0.5) is 0 Å². The van der Waals surface area contributed by atoms with Crippen molar-refractivity contribution in [3.05, 3.63) is 67.8 Å². The number of aryl methyl sites for hydroxylation is 2. The maximum absolute atomic E-state index is 12.0. The van der Waals surface area contributed by atoms with Crippen LogP contribution in [-0.2, 0) is 60.8 Å². The molecular weight excluding hydrogens is 648 g/mol. The number of ether oxygens (including phenoxy) is 2. The number of carbonyl (C=O) groups is 2. The number of carboxylic acid groups (broad SMARTS) is 2. The molecule has 52 heavy (non-hydrogen) atoms. The first-order valence-electron chi connectivity index (χ1n) is 20.7. The highest BCUT2D eigenvalue weighted by Crippen LogP contribution is 2.31. The number of methoxy groups -OCH3 is 2. The van der Waals surface area contributed by atoms with Crippen LogP contribution in [0.15, 0.2) is 12.1 Å². The van der Waals surface area contributed by atoms with Crippen LogP contribution in [0.3, 0.4) is 0 Å². The van der Waals surface area contributed by atoms with Crippen molar-refractivity contribution < 1.29 is 29.3 Å². The number of carboxylic acids is 2. The molecule has 0 fully saturated rings. The van der Waals surface area contributed by atoms with Crippen molar-refractivity contribution in [2.75, 3.05) is 27.4 Å². The minimum absolute atomic E-state index is 0.483. The van der Waals surface area contributed by atoms with Gasteiger partial charge in [-0.3, -0.25) is 0 Å². The van der Waals surface area contributed by atoms with Crippen molar-refractivity contribution >= 4 is 11.9 Å². The maximum Gasteiger partial charge on any atom is 0.335 e. The highest BCUT2D eigenvalue weighted by Gasteiger charge is 2.22. The molecule has 2 aromatic rings. The Kier molecular flexibility index (Phi) is 24.5. The molecule has 0 radical (unpaired) electrons. The summed E-state index contributed by atoms with van der Waals surface area (Å²) in [6, 6.07) is 3.92. The Hall–Kier alpha value is -2.70. The molecule has 296 valence electrons. The van der Waals surface area contributed by atoms with Crippen molar-refractivity contribution in [3.63, 3.8) is 0 Å². The van der Waals surface area contributed by atoms with Crippen LogP contribution in [-0.4, -0.2) is 49.6 Å². The van der Waals surface area contributed by atoms with E-state index in [9.17, 15) is 19.8 Å². The van der Waals surface area contributed by atoms with Gasteiger partial charge in [-0.05, 0) is 146 Å². The average Bonchev–Trinajstić information content (AvgIpc) is 3.09. The molecule has 0 amide bonds. The molecule has 0 bridgehead atoms. The molecule has 0 heterocycles. The van der Waals surface area contributed by atoms with Crippen molar-refractivity contribution in [1.29, 1.82) is 0 Å². The summed E-state index contributed by atoms with van der Waals surface area (Å²) in [7, 11) is 3.36. The van der Waals surface area contributed by atoms with E-state index >= 15 is 0 Å². The Balaban J connectivity index is 0.000000522. The van der Waals surface area contributed by atoms with Crippen molar-refractivity contribution in [2.24, 2.45) is 11.8 Å². The van der Waals surface area contributed by atoms with Crippen LogP contribution in [0.1, 0.15) is 185 Å². The van der Waals surface area contributed by atoms with Crippen LogP contribution in [0.2, 0.25) is 0 Å². The number of unbranched alkanes of at least 4 members (excludes halogenated alkanes) is 2. The topological polar surface area (TPSA) is 93.1 Å². The zero-order valence-corrected chi connectivity index (χ0v) is 35.0. The second-order valence-electron chi connectivity index (χ2n) is 15.4. The van der Waals surface area contributed by atoms with Gasteiger partial charge in [-0.25, -0.2) is 9.59 Å². The second-order valence-corrected chi connectivity index (χ2v) is 15.4. The Morgan fingerprint density at radius 2 is 0.885 bits per heavy atom. The molecule has 0 aliphatic heterocycles. The molecular formula is C46H76O6. The third kappa shape index (κ3) is 16.1. The largest absolute Gasteiger partial charge is 0.478 e. The van der Waals surface area contributed by atoms with Crippen LogP contribution in [0, 0.1) is 11.8 Å². The maximum atomic E-state index is 12.0. The fourth-order valence-electron chi connectivity index (χ4n) is 7.42. The van der Waals surface area contributed by atoms with E-state index in [0.717, 1.165) is 88.2 Å². The molecule has 0 atom stereocenters. The van der Waals surface area contributed by atoms with Crippen LogP contribution >= 0.6 is 0 Å². The molecule has 0 saturated carbocycles. The molecule has 2 aromatic carbocycles. The first-order valence-corrected chi connectivity index (χ1v) is 20.7. The minimum atomic E-state index is -0.811. The zero-order chi connectivity index (χ0) is 39.1. The zero-order valence-electron chi connectivity index (χ0n) is 35.0. The minimum Gasteiger partial charge on any atom is -0.478 e. The van der Waals surface area contributed by atoms with Gasteiger partial charge in [0.05, 0.1) is 24.3 Å². The van der Waals surface area contributed by atoms with Gasteiger partial charge in [0.1, 0.15) is 0 Å². The Labute approximate surface area is 318 Å². The molecule has 0 unspecified atom stereocenters. The van der Waals surface area contributed by atoms with E-state index in [1.165, 1.54) is 59.1 Å². The lowest BCUT2D eigenvalue weighted by Crippen LogP contribution is -2.14. The predicted molar refractivity (Wildman–Crippen MR) is 219 cm³/mol. The fraction of sp³-hybridized carbons (Fsp3) is 0.696. The summed E-state index contributed by atoms with van der Waals surface area (Å²) in [5.74, 6) is -0.204. The van der Waals surface area contributed by atoms with Gasteiger partial charge < -0.3 is 19.7 Å². The molecule has 6 nitrogen and oxygen atoms in total. The van der Waals surface area contributed by atoms with Gasteiger partial charge >= 0.3 is 11.9 Å². The Morgan fingerprint density at radius 1 is 0.500 bits per heavy atom. The first-order chi connectivity index (χ1) is 24.9. The molecule has 0 saturated heterocycles. The molecule has 0 spiro atoms. The van der Waals surface area contributed by atoms with Gasteiger partial charge in [0, 0.05) is 14.2 Å². The van der Waals surface area contributed by atoms with E-state index in [1.807, 2.05) is 12.1 Å². The summed E-state index contributed by atoms with van der Waals surface area (Å²) in [4.78, 5) is 23.9. The summed E-state index contributed by atoms with van der Waals surface area (Å²) in [5, 5.41) is 19.6. The van der Waals surface area contributed by atoms with E-state index in [-0.39, 0.29) is 0 Å². The van der Waals surface area contributed by atoms with E-state index in [4.69, 9.17) is 9.47 Å². The summed E-state index contributed by atoms with van der Waals surface area (Å²) in [6.45, 7) is 18.9. The molecule has 0 aliphatic carbocycles. The van der Waals surface area contributed by atoms with Gasteiger partial charge in [0.2, 0.25) is 0 Å². The van der Waals surface area contributed by atoms with Gasteiger partial charge in [-0.1, -0.05) is 93.9 Å². The lowest BCUT2D eigenvalue weighted by molar-refractivity contribution is 0.0684. The fourth-order valence-corrected chi connectivity index (χ4v) is 7.42. The van der Waals surface area contributed by atoms with Gasteiger partial charge in [-0.2, -0.15) is 0 Å². The standard InChI is InChI=1S/C24H40O3.C22H36O3/c1-6-8-12-19-17-23(24(25)26)22(15-16-27-5)21(13-9-7-2)20(19)14-10-11-18(3)4;1-6-9-17-15-21(22(23)24)20(13-14-25-5)19(10-7-2)18(17)12-8-11-16(3)4/h17-18H,6-16H2,1-5H3,(H,25,26);15-16H,6-14H2,1-5H3,(H,23,24). The highest BCUT2D eigenvalue weighted by molar-refractivity contribution is 5.91. The number of hydrogen-bond acceptors (Lipinski definition) is 4. The summed E-state index contributed by atoms with van der Waals surface area (Å²) < 4.78 is 10.5. The number of rotatable bonds is 26. The van der Waals surface area contributed by atoms with Gasteiger partial charge in [0.25, 0.3) is 0 Å². The van der Waals surface area contributed by atoms with E-state index in [1.54, 1.807) is 14.2 Å². The lowest BCUT2D eigenvalue weighted by atomic mass is 9.83. The number of aromatic carboxylic acids is 2. The second kappa shape index (κ2) is 27.0. The SMILES string of the molecule is CCCCc1cc(C(=O)O)c(CCOC)c(CCCC)c1CCCC(C)C.CCCc1cc(C(=O)O)c(CCOC)c(CCC)c1CCCC(C)C. The molecule has 0 aliphatic rings. The lowest BCUT2D eigenvalue weighted by Gasteiger charge is -2.22. The molecule has 6 heteroatoms. The van der Waals surface area contributed by atoms with E-state index in [2.05, 4.69) is 55.4 Å². The van der Waals surface area contributed by atoms with Crippen molar-refractivity contribution in [1.82, 2.24) is 0 Å². The summed E-state index contributed by atoms with van der Waals surface area (Å²) >= 11 is 0. The molecule has 0 aromatic heterocycles. The van der Waals surface area contributed by atoms with Crippen molar-refractivity contribution in [2.45, 2.75) is 171 Å². The summed E-state index contributed by atoms with van der Waals surface area (Å²) in [6.07, 6.45) is 18.7. The average molecular weight is 725 g/mol. The normalized spacial score (nSPS) is 11.3. The number of hydrogen-bond donors (Lipinski definition) is 2. The van der Waals surface area contributed by atoms with E-state index in [0.29, 0.717) is 49.0 Å². The van der Waals surface area contributed by atoms with Gasteiger partial charge in [-0.15, -0.1) is 0 Å².